The fraction of sp³-hybridized carbons (Fsp3) is 0.0833. The Hall–Kier alpha value is -1.63. The van der Waals surface area contributed by atoms with Gasteiger partial charge in [-0.05, 0) is 31.2 Å². The Bertz CT molecular complexity index is 515. The van der Waals surface area contributed by atoms with Crippen LogP contribution in [-0.2, 0) is 4.79 Å². The van der Waals surface area contributed by atoms with E-state index in [0.29, 0.717) is 0 Å². The Balaban J connectivity index is 0.000000576. The molecular weight excluding hydrogens is 263 g/mol. The van der Waals surface area contributed by atoms with Gasteiger partial charge in [-0.1, -0.05) is 0 Å². The molecule has 0 atom stereocenters. The van der Waals surface area contributed by atoms with Crippen LogP contribution in [0.4, 0.5) is 0 Å². The molecule has 2 N–H and O–H groups in total. The molecule has 6 nitrogen and oxygen atoms in total. The monoisotopic (exact) mass is 272 g/mol. The van der Waals surface area contributed by atoms with E-state index < -0.39 is 17.5 Å². The number of hydrogen-bond donors (Lipinski definition) is 2. The summed E-state index contributed by atoms with van der Waals surface area (Å²) in [6, 6.07) is 2.36. The molecule has 0 aromatic heterocycles. The van der Waals surface area contributed by atoms with Gasteiger partial charge in [0.15, 0.2) is 11.6 Å². The number of carboxylic acids is 1. The first kappa shape index (κ1) is 17.4. The van der Waals surface area contributed by atoms with E-state index in [2.05, 4.69) is 0 Å². The molecule has 0 spiro atoms. The van der Waals surface area contributed by atoms with Gasteiger partial charge in [-0.3, -0.25) is 9.59 Å². The Morgan fingerprint density at radius 2 is 1.26 bits per heavy atom. The molecule has 0 bridgehead atoms. The molecule has 7 heteroatoms. The zero-order valence-electron chi connectivity index (χ0n) is 10.3. The molecule has 1 aliphatic rings. The second kappa shape index (κ2) is 7.08. The number of carbonyl (C=O) groups is 3. The first-order valence-corrected chi connectivity index (χ1v) is 4.84. The first-order chi connectivity index (χ1) is 8.34. The maximum absolute atomic E-state index is 11.3. The van der Waals surface area contributed by atoms with E-state index in [-0.39, 0.29) is 52.2 Å². The van der Waals surface area contributed by atoms with Crippen LogP contribution in [0.2, 0.25) is 0 Å². The summed E-state index contributed by atoms with van der Waals surface area (Å²) >= 11 is 0. The van der Waals surface area contributed by atoms with Crippen LogP contribution in [0.5, 0.6) is 11.5 Å². The van der Waals surface area contributed by atoms with E-state index in [0.717, 1.165) is 19.1 Å². The second-order valence-electron chi connectivity index (χ2n) is 3.41. The summed E-state index contributed by atoms with van der Waals surface area (Å²) in [5.41, 5.74) is -0.255. The molecule has 94 valence electrons. The molecule has 1 aliphatic carbocycles. The van der Waals surface area contributed by atoms with Crippen molar-refractivity contribution in [1.29, 1.82) is 0 Å². The number of benzene rings is 1. The van der Waals surface area contributed by atoms with Gasteiger partial charge in [-0.2, -0.15) is 0 Å². The summed E-state index contributed by atoms with van der Waals surface area (Å²) in [5.74, 6) is -2.62. The van der Waals surface area contributed by atoms with E-state index >= 15 is 0 Å². The summed E-state index contributed by atoms with van der Waals surface area (Å²) in [4.78, 5) is 31.5. The number of aromatic hydroxyl groups is 2. The van der Waals surface area contributed by atoms with Crippen molar-refractivity contribution in [2.24, 2.45) is 0 Å². The minimum atomic E-state index is -1.08. The minimum Gasteiger partial charge on any atom is -0.550 e. The van der Waals surface area contributed by atoms with Crippen LogP contribution in [0.1, 0.15) is 27.6 Å². The van der Waals surface area contributed by atoms with Gasteiger partial charge >= 0.3 is 29.6 Å². The molecule has 0 heterocycles. The number of carbonyl (C=O) groups excluding carboxylic acids is 3. The summed E-state index contributed by atoms with van der Waals surface area (Å²) in [5, 5.41) is 27.6. The van der Waals surface area contributed by atoms with Crippen molar-refractivity contribution < 1.29 is 59.3 Å². The van der Waals surface area contributed by atoms with Crippen LogP contribution < -0.4 is 34.7 Å². The smallest absolute Gasteiger partial charge is 0.550 e. The van der Waals surface area contributed by atoms with Gasteiger partial charge in [0, 0.05) is 5.97 Å². The third kappa shape index (κ3) is 4.20. The van der Waals surface area contributed by atoms with E-state index in [1.165, 1.54) is 12.1 Å². The Kier molecular flexibility index (Phi) is 6.47. The van der Waals surface area contributed by atoms with Crippen LogP contribution in [0, 0.1) is 0 Å². The van der Waals surface area contributed by atoms with Crippen molar-refractivity contribution in [3.05, 3.63) is 35.4 Å². The minimum absolute atomic E-state index is 0. The first-order valence-electron chi connectivity index (χ1n) is 4.84. The number of rotatable bonds is 0. The molecule has 0 saturated heterocycles. The number of ketones is 2. The fourth-order valence-corrected chi connectivity index (χ4v) is 1.40. The molecule has 0 aliphatic heterocycles. The third-order valence-corrected chi connectivity index (χ3v) is 2.04. The van der Waals surface area contributed by atoms with Crippen molar-refractivity contribution >= 4 is 17.5 Å². The topological polar surface area (TPSA) is 115 Å². The third-order valence-electron chi connectivity index (χ3n) is 2.04. The van der Waals surface area contributed by atoms with Crippen LogP contribution in [-0.4, -0.2) is 27.7 Å². The molecule has 0 amide bonds. The number of fused-ring (bicyclic) bond motifs is 1. The number of hydrogen-bond acceptors (Lipinski definition) is 6. The predicted molar refractivity (Wildman–Crippen MR) is 58.3 cm³/mol. The fourth-order valence-electron chi connectivity index (χ4n) is 1.40. The van der Waals surface area contributed by atoms with Crippen LogP contribution in [0.15, 0.2) is 24.3 Å². The maximum Gasteiger partial charge on any atom is 1.00 e. The summed E-state index contributed by atoms with van der Waals surface area (Å²) < 4.78 is 0. The largest absolute Gasteiger partial charge is 1.00 e. The van der Waals surface area contributed by atoms with E-state index in [9.17, 15) is 19.8 Å². The van der Waals surface area contributed by atoms with E-state index in [1.54, 1.807) is 0 Å². The second-order valence-corrected chi connectivity index (χ2v) is 3.41. The quantitative estimate of drug-likeness (QED) is 0.379. The van der Waals surface area contributed by atoms with Crippen molar-refractivity contribution in [1.82, 2.24) is 0 Å². The van der Waals surface area contributed by atoms with Crippen LogP contribution in [0.3, 0.4) is 0 Å². The Morgan fingerprint density at radius 3 is 1.53 bits per heavy atom. The molecule has 0 fully saturated rings. The molecule has 1 aromatic carbocycles. The van der Waals surface area contributed by atoms with Gasteiger partial charge in [0.2, 0.25) is 0 Å². The molecule has 1 aromatic rings. The number of carboxylic acid groups (broad SMARTS) is 1. The summed E-state index contributed by atoms with van der Waals surface area (Å²) in [6.45, 7) is 0.972. The summed E-state index contributed by atoms with van der Waals surface area (Å²) in [6.07, 6.45) is 2.15. The Morgan fingerprint density at radius 1 is 1.00 bits per heavy atom. The van der Waals surface area contributed by atoms with Crippen LogP contribution in [0.25, 0.3) is 0 Å². The maximum atomic E-state index is 11.3. The molecular formula is C12H9NaO6. The number of aliphatic carboxylic acids is 1. The van der Waals surface area contributed by atoms with Crippen molar-refractivity contribution in [2.45, 2.75) is 6.92 Å². The normalized spacial score (nSPS) is 11.8. The van der Waals surface area contributed by atoms with Gasteiger partial charge < -0.3 is 20.1 Å². The van der Waals surface area contributed by atoms with Crippen molar-refractivity contribution in [3.8, 4) is 11.5 Å². The number of allylic oxidation sites excluding steroid dienone is 2. The van der Waals surface area contributed by atoms with Gasteiger partial charge in [0.25, 0.3) is 0 Å². The average Bonchev–Trinajstić information content (AvgIpc) is 2.26. The van der Waals surface area contributed by atoms with Gasteiger partial charge in [-0.15, -0.1) is 0 Å². The van der Waals surface area contributed by atoms with Crippen molar-refractivity contribution in [3.63, 3.8) is 0 Å². The molecule has 0 radical (unpaired) electrons. The molecule has 0 saturated carbocycles. The average molecular weight is 272 g/mol. The SMILES string of the molecule is CC(=O)[O-].O=C1C=CC(=O)c2c(O)ccc(O)c21.[Na+]. The number of phenols is 2. The summed E-state index contributed by atoms with van der Waals surface area (Å²) in [7, 11) is 0. The molecule has 19 heavy (non-hydrogen) atoms. The van der Waals surface area contributed by atoms with Gasteiger partial charge in [0.05, 0.1) is 11.1 Å². The van der Waals surface area contributed by atoms with Crippen molar-refractivity contribution in [2.75, 3.05) is 0 Å². The molecule has 2 rings (SSSR count). The zero-order valence-corrected chi connectivity index (χ0v) is 12.3. The Labute approximate surface area is 130 Å². The van der Waals surface area contributed by atoms with Gasteiger partial charge in [-0.25, -0.2) is 0 Å². The van der Waals surface area contributed by atoms with Crippen LogP contribution >= 0.6 is 0 Å². The van der Waals surface area contributed by atoms with E-state index in [4.69, 9.17) is 9.90 Å². The van der Waals surface area contributed by atoms with E-state index in [1.807, 2.05) is 0 Å². The standard InChI is InChI=1S/C10H6O4.C2H4O2.Na/c11-5-1-2-6(12)10-8(14)4-3-7(13)9(5)10;1-2(3)4;/h1-4,11-12H;1H3,(H,3,4);/q;;+1/p-1. The molecule has 0 unspecified atom stereocenters. The predicted octanol–water partition coefficient (Wildman–Crippen LogP) is -3.21. The zero-order chi connectivity index (χ0) is 13.9. The number of phenolic OH excluding ortho intramolecular Hbond substituents is 2. The van der Waals surface area contributed by atoms with Gasteiger partial charge in [0.1, 0.15) is 11.5 Å².